The van der Waals surface area contributed by atoms with Crippen LogP contribution in [-0.2, 0) is 5.75 Å². The molecule has 0 atom stereocenters. The highest BCUT2D eigenvalue weighted by molar-refractivity contribution is 7.98. The van der Waals surface area contributed by atoms with Crippen LogP contribution in [0.25, 0.3) is 0 Å². The number of thioether (sulfide) groups is 1. The maximum Gasteiger partial charge on any atom is 0.100 e. The first-order valence-corrected chi connectivity index (χ1v) is 6.93. The van der Waals surface area contributed by atoms with E-state index >= 15 is 0 Å². The Labute approximate surface area is 116 Å². The predicted molar refractivity (Wildman–Crippen MR) is 76.9 cm³/mol. The normalized spacial score (nSPS) is 10.1. The highest BCUT2D eigenvalue weighted by atomic mass is 35.5. The quantitative estimate of drug-likeness (QED) is 0.749. The Balaban J connectivity index is 2.15. The lowest BCUT2D eigenvalue weighted by Gasteiger charge is -2.05. The zero-order valence-corrected chi connectivity index (χ0v) is 11.6. The van der Waals surface area contributed by atoms with E-state index in [4.69, 9.17) is 16.9 Å². The molecule has 0 unspecified atom stereocenters. The van der Waals surface area contributed by atoms with Crippen LogP contribution >= 0.6 is 23.4 Å². The summed E-state index contributed by atoms with van der Waals surface area (Å²) in [6, 6.07) is 15.9. The van der Waals surface area contributed by atoms with Crippen LogP contribution in [0, 0.1) is 18.3 Å². The molecule has 1 nitrogen and oxygen atoms in total. The van der Waals surface area contributed by atoms with Crippen LogP contribution in [0.15, 0.2) is 47.4 Å². The molecule has 0 aliphatic rings. The van der Waals surface area contributed by atoms with Crippen molar-refractivity contribution in [3.63, 3.8) is 0 Å². The summed E-state index contributed by atoms with van der Waals surface area (Å²) in [7, 11) is 0. The van der Waals surface area contributed by atoms with Crippen molar-refractivity contribution in [2.75, 3.05) is 0 Å². The zero-order chi connectivity index (χ0) is 13.0. The third kappa shape index (κ3) is 3.29. The first-order chi connectivity index (χ1) is 8.69. The van der Waals surface area contributed by atoms with Crippen LogP contribution in [-0.4, -0.2) is 0 Å². The zero-order valence-electron chi connectivity index (χ0n) is 9.98. The second-order valence-electron chi connectivity index (χ2n) is 4.03. The van der Waals surface area contributed by atoms with Crippen LogP contribution in [0.4, 0.5) is 0 Å². The Hall–Kier alpha value is -1.43. The van der Waals surface area contributed by atoms with Gasteiger partial charge in [0.1, 0.15) is 6.07 Å². The number of rotatable bonds is 3. The molecule has 0 radical (unpaired) electrons. The molecule has 0 spiro atoms. The SMILES string of the molecule is Cc1cccc(CSc2cc(Cl)ccc2C#N)c1. The third-order valence-electron chi connectivity index (χ3n) is 2.54. The van der Waals surface area contributed by atoms with Crippen LogP contribution in [0.3, 0.4) is 0 Å². The summed E-state index contributed by atoms with van der Waals surface area (Å²) in [4.78, 5) is 0.937. The molecule has 0 N–H and O–H groups in total. The number of hydrogen-bond acceptors (Lipinski definition) is 2. The summed E-state index contributed by atoms with van der Waals surface area (Å²) in [5, 5.41) is 9.71. The van der Waals surface area contributed by atoms with Gasteiger partial charge in [0.15, 0.2) is 0 Å². The van der Waals surface area contributed by atoms with E-state index in [2.05, 4.69) is 37.3 Å². The standard InChI is InChI=1S/C15H12ClNS/c1-11-3-2-4-12(7-11)10-18-15-8-14(16)6-5-13(15)9-17/h2-8H,10H2,1H3. The molecule has 0 saturated heterocycles. The first kappa shape index (κ1) is 13.0. The van der Waals surface area contributed by atoms with Crippen LogP contribution < -0.4 is 0 Å². The lowest BCUT2D eigenvalue weighted by molar-refractivity contribution is 1.32. The summed E-state index contributed by atoms with van der Waals surface area (Å²) in [6.07, 6.45) is 0. The van der Waals surface area contributed by atoms with Crippen molar-refractivity contribution in [3.05, 3.63) is 64.2 Å². The monoisotopic (exact) mass is 273 g/mol. The minimum Gasteiger partial charge on any atom is -0.192 e. The molecule has 0 heterocycles. The van der Waals surface area contributed by atoms with E-state index in [-0.39, 0.29) is 0 Å². The largest absolute Gasteiger partial charge is 0.192 e. The van der Waals surface area contributed by atoms with E-state index in [9.17, 15) is 0 Å². The van der Waals surface area contributed by atoms with Gasteiger partial charge in [0.05, 0.1) is 5.56 Å². The van der Waals surface area contributed by atoms with Crippen molar-refractivity contribution in [1.29, 1.82) is 5.26 Å². The molecule has 2 rings (SSSR count). The molecular weight excluding hydrogens is 262 g/mol. The smallest absolute Gasteiger partial charge is 0.100 e. The summed E-state index contributed by atoms with van der Waals surface area (Å²) >= 11 is 7.60. The Morgan fingerprint density at radius 1 is 1.22 bits per heavy atom. The molecule has 0 saturated carbocycles. The van der Waals surface area contributed by atoms with E-state index in [1.165, 1.54) is 11.1 Å². The number of hydrogen-bond donors (Lipinski definition) is 0. The molecule has 0 fully saturated rings. The predicted octanol–water partition coefficient (Wildman–Crippen LogP) is 4.81. The van der Waals surface area contributed by atoms with Gasteiger partial charge in [-0.3, -0.25) is 0 Å². The number of halogens is 1. The fourth-order valence-corrected chi connectivity index (χ4v) is 2.89. The van der Waals surface area contributed by atoms with Crippen molar-refractivity contribution < 1.29 is 0 Å². The fraction of sp³-hybridized carbons (Fsp3) is 0.133. The van der Waals surface area contributed by atoms with E-state index < -0.39 is 0 Å². The van der Waals surface area contributed by atoms with E-state index in [1.54, 1.807) is 23.9 Å². The Kier molecular flexibility index (Phi) is 4.30. The van der Waals surface area contributed by atoms with E-state index in [1.807, 2.05) is 6.07 Å². The first-order valence-electron chi connectivity index (χ1n) is 5.57. The molecule has 0 aliphatic heterocycles. The summed E-state index contributed by atoms with van der Waals surface area (Å²) < 4.78 is 0. The number of nitriles is 1. The average Bonchev–Trinajstić information content (AvgIpc) is 2.37. The molecule has 2 aromatic rings. The minimum atomic E-state index is 0.667. The number of nitrogens with zero attached hydrogens (tertiary/aromatic N) is 1. The summed E-state index contributed by atoms with van der Waals surface area (Å²) in [5.74, 6) is 0.844. The number of benzene rings is 2. The van der Waals surface area contributed by atoms with Crippen LogP contribution in [0.5, 0.6) is 0 Å². The Morgan fingerprint density at radius 3 is 2.78 bits per heavy atom. The molecule has 0 aliphatic carbocycles. The van der Waals surface area contributed by atoms with Crippen molar-refractivity contribution in [2.45, 2.75) is 17.6 Å². The molecule has 2 aromatic carbocycles. The van der Waals surface area contributed by atoms with Gasteiger partial charge in [0.25, 0.3) is 0 Å². The number of aryl methyl sites for hydroxylation is 1. The van der Waals surface area contributed by atoms with Gasteiger partial charge >= 0.3 is 0 Å². The Bertz CT molecular complexity index is 602. The maximum absolute atomic E-state index is 9.04. The van der Waals surface area contributed by atoms with Gasteiger partial charge < -0.3 is 0 Å². The van der Waals surface area contributed by atoms with Gasteiger partial charge in [-0.2, -0.15) is 5.26 Å². The van der Waals surface area contributed by atoms with Gasteiger partial charge in [0.2, 0.25) is 0 Å². The second-order valence-corrected chi connectivity index (χ2v) is 5.48. The van der Waals surface area contributed by atoms with Crippen molar-refractivity contribution >= 4 is 23.4 Å². The van der Waals surface area contributed by atoms with E-state index in [0.717, 1.165) is 10.6 Å². The second kappa shape index (κ2) is 5.95. The summed E-state index contributed by atoms with van der Waals surface area (Å²) in [5.41, 5.74) is 3.18. The van der Waals surface area contributed by atoms with Crippen molar-refractivity contribution in [3.8, 4) is 6.07 Å². The minimum absolute atomic E-state index is 0.667. The lowest BCUT2D eigenvalue weighted by Crippen LogP contribution is -1.85. The third-order valence-corrected chi connectivity index (χ3v) is 3.90. The molecule has 90 valence electrons. The van der Waals surface area contributed by atoms with Gasteiger partial charge in [-0.05, 0) is 30.7 Å². The summed E-state index contributed by atoms with van der Waals surface area (Å²) in [6.45, 7) is 2.08. The van der Waals surface area contributed by atoms with Gasteiger partial charge in [-0.1, -0.05) is 41.4 Å². The maximum atomic E-state index is 9.04. The Morgan fingerprint density at radius 2 is 2.06 bits per heavy atom. The highest BCUT2D eigenvalue weighted by Crippen LogP contribution is 2.28. The molecule has 0 amide bonds. The van der Waals surface area contributed by atoms with E-state index in [0.29, 0.717) is 10.6 Å². The van der Waals surface area contributed by atoms with Crippen molar-refractivity contribution in [2.24, 2.45) is 0 Å². The van der Waals surface area contributed by atoms with Crippen LogP contribution in [0.2, 0.25) is 5.02 Å². The highest BCUT2D eigenvalue weighted by Gasteiger charge is 2.04. The molecule has 0 aromatic heterocycles. The average molecular weight is 274 g/mol. The van der Waals surface area contributed by atoms with Crippen LogP contribution in [0.1, 0.15) is 16.7 Å². The van der Waals surface area contributed by atoms with Gasteiger partial charge in [-0.25, -0.2) is 0 Å². The lowest BCUT2D eigenvalue weighted by atomic mass is 10.2. The van der Waals surface area contributed by atoms with Gasteiger partial charge in [-0.15, -0.1) is 11.8 Å². The topological polar surface area (TPSA) is 23.8 Å². The molecule has 0 bridgehead atoms. The molecule has 18 heavy (non-hydrogen) atoms. The molecule has 3 heteroatoms. The molecular formula is C15H12ClNS. The fourth-order valence-electron chi connectivity index (χ4n) is 1.67. The van der Waals surface area contributed by atoms with Gasteiger partial charge in [0, 0.05) is 15.7 Å². The van der Waals surface area contributed by atoms with Crippen molar-refractivity contribution in [1.82, 2.24) is 0 Å².